The van der Waals surface area contributed by atoms with Crippen molar-refractivity contribution in [2.75, 3.05) is 7.11 Å². The molecule has 0 N–H and O–H groups in total. The normalized spacial score (nSPS) is 18.1. The van der Waals surface area contributed by atoms with E-state index in [1.807, 2.05) is 12.1 Å². The van der Waals surface area contributed by atoms with E-state index < -0.39 is 0 Å². The van der Waals surface area contributed by atoms with E-state index in [9.17, 15) is 0 Å². The maximum Gasteiger partial charge on any atom is 0.119 e. The van der Waals surface area contributed by atoms with Gasteiger partial charge in [-0.3, -0.25) is 0 Å². The van der Waals surface area contributed by atoms with Gasteiger partial charge in [0, 0.05) is 5.56 Å². The van der Waals surface area contributed by atoms with Gasteiger partial charge in [0.25, 0.3) is 0 Å². The molecule has 0 aliphatic heterocycles. The maximum atomic E-state index is 7.14. The van der Waals surface area contributed by atoms with Crippen molar-refractivity contribution in [2.24, 2.45) is 5.92 Å². The molecule has 1 nitrogen and oxygen atoms in total. The molecule has 180 valence electrons. The third-order valence-electron chi connectivity index (χ3n) is 7.63. The van der Waals surface area contributed by atoms with Crippen molar-refractivity contribution in [1.82, 2.24) is 0 Å². The minimum Gasteiger partial charge on any atom is -0.497 e. The molecule has 3 aromatic rings. The average molecular weight is 475 g/mol. The Balaban J connectivity index is 1.50. The fraction of sp³-hybridized carbons (Fsp3) is 0.438. The van der Waals surface area contributed by atoms with Crippen molar-refractivity contribution >= 4 is 11.6 Å². The molecule has 1 aliphatic carbocycles. The number of rotatable bonds is 10. The van der Waals surface area contributed by atoms with E-state index >= 15 is 0 Å². The van der Waals surface area contributed by atoms with Crippen molar-refractivity contribution < 1.29 is 4.74 Å². The minimum atomic E-state index is 0.577. The molecular formula is C32H39ClO. The van der Waals surface area contributed by atoms with Crippen molar-refractivity contribution in [3.63, 3.8) is 0 Å². The van der Waals surface area contributed by atoms with E-state index in [-0.39, 0.29) is 0 Å². The number of methoxy groups -OCH3 is 1. The van der Waals surface area contributed by atoms with E-state index in [1.165, 1.54) is 80.9 Å². The highest BCUT2D eigenvalue weighted by molar-refractivity contribution is 6.34. The molecule has 2 heteroatoms. The van der Waals surface area contributed by atoms with Crippen LogP contribution in [0.15, 0.2) is 66.7 Å². The predicted octanol–water partition coefficient (Wildman–Crippen LogP) is 10.3. The Morgan fingerprint density at radius 3 is 2.24 bits per heavy atom. The highest BCUT2D eigenvalue weighted by atomic mass is 35.5. The molecular weight excluding hydrogens is 436 g/mol. The van der Waals surface area contributed by atoms with Gasteiger partial charge in [0.05, 0.1) is 12.1 Å². The zero-order chi connectivity index (χ0) is 23.8. The van der Waals surface area contributed by atoms with Gasteiger partial charge in [0.1, 0.15) is 5.75 Å². The van der Waals surface area contributed by atoms with Crippen LogP contribution in [0.1, 0.15) is 82.6 Å². The van der Waals surface area contributed by atoms with Crippen molar-refractivity contribution in [2.45, 2.75) is 77.0 Å². The summed E-state index contributed by atoms with van der Waals surface area (Å²) >= 11 is 7.14. The van der Waals surface area contributed by atoms with Gasteiger partial charge in [0.2, 0.25) is 0 Å². The summed E-state index contributed by atoms with van der Waals surface area (Å²) in [6, 6.07) is 23.5. The van der Waals surface area contributed by atoms with E-state index in [1.54, 1.807) is 7.11 Å². The van der Waals surface area contributed by atoms with Crippen LogP contribution < -0.4 is 4.74 Å². The smallest absolute Gasteiger partial charge is 0.119 e. The van der Waals surface area contributed by atoms with Crippen LogP contribution in [0.2, 0.25) is 5.02 Å². The monoisotopic (exact) mass is 474 g/mol. The Morgan fingerprint density at radius 1 is 0.765 bits per heavy atom. The third-order valence-corrected chi connectivity index (χ3v) is 8.05. The molecule has 4 rings (SSSR count). The number of hydrogen-bond donors (Lipinski definition) is 0. The first-order valence-corrected chi connectivity index (χ1v) is 13.6. The summed E-state index contributed by atoms with van der Waals surface area (Å²) in [5.74, 6) is 2.36. The molecule has 34 heavy (non-hydrogen) atoms. The maximum absolute atomic E-state index is 7.14. The summed E-state index contributed by atoms with van der Waals surface area (Å²) in [4.78, 5) is 0. The Labute approximate surface area is 211 Å². The van der Waals surface area contributed by atoms with Crippen molar-refractivity contribution in [3.05, 3.63) is 77.3 Å². The highest BCUT2D eigenvalue weighted by Crippen LogP contribution is 2.44. The summed E-state index contributed by atoms with van der Waals surface area (Å²) in [6.07, 6.45) is 13.6. The van der Waals surface area contributed by atoms with Gasteiger partial charge in [-0.2, -0.15) is 0 Å². The van der Waals surface area contributed by atoms with Gasteiger partial charge in [0.15, 0.2) is 0 Å². The van der Waals surface area contributed by atoms with Gasteiger partial charge in [-0.05, 0) is 71.9 Å². The Bertz CT molecular complexity index is 1050. The molecule has 0 atom stereocenters. The summed E-state index contributed by atoms with van der Waals surface area (Å²) in [7, 11) is 1.71. The standard InChI is InChI=1S/C32H39ClO/c1-3-4-5-6-7-12-24-19-21-25(22-20-24)29-17-11-18-31(32(29)33)30-16-9-8-15-28(30)26-13-10-14-27(23-26)34-2/h8-11,13-18,23-25H,3-7,12,19-22H2,1-2H3/t24-,25-. The van der Waals surface area contributed by atoms with Crippen LogP contribution in [0.4, 0.5) is 0 Å². The SMILES string of the molecule is CCCCCCC[C@H]1CC[C@H](c2cccc(-c3ccccc3-c3cccc(OC)c3)c2Cl)CC1. The van der Waals surface area contributed by atoms with Crippen LogP contribution in [-0.4, -0.2) is 7.11 Å². The van der Waals surface area contributed by atoms with Crippen molar-refractivity contribution in [1.29, 1.82) is 0 Å². The number of halogens is 1. The zero-order valence-electron chi connectivity index (χ0n) is 20.9. The lowest BCUT2D eigenvalue weighted by atomic mass is 9.76. The minimum absolute atomic E-state index is 0.577. The Kier molecular flexibility index (Phi) is 9.11. The second-order valence-corrected chi connectivity index (χ2v) is 10.3. The molecule has 0 heterocycles. The van der Waals surface area contributed by atoms with E-state index in [4.69, 9.17) is 16.3 Å². The van der Waals surface area contributed by atoms with E-state index in [2.05, 4.69) is 61.5 Å². The second kappa shape index (κ2) is 12.5. The van der Waals surface area contributed by atoms with Gasteiger partial charge >= 0.3 is 0 Å². The molecule has 0 aromatic heterocycles. The third kappa shape index (κ3) is 6.05. The molecule has 1 aliphatic rings. The fourth-order valence-corrected chi connectivity index (χ4v) is 6.01. The van der Waals surface area contributed by atoms with E-state index in [0.29, 0.717) is 5.92 Å². The van der Waals surface area contributed by atoms with Crippen LogP contribution in [0.3, 0.4) is 0 Å². The topological polar surface area (TPSA) is 9.23 Å². The van der Waals surface area contributed by atoms with Crippen LogP contribution in [0.5, 0.6) is 5.75 Å². The van der Waals surface area contributed by atoms with Gasteiger partial charge < -0.3 is 4.74 Å². The quantitative estimate of drug-likeness (QED) is 0.265. The summed E-state index contributed by atoms with van der Waals surface area (Å²) < 4.78 is 5.47. The molecule has 0 radical (unpaired) electrons. The lowest BCUT2D eigenvalue weighted by Gasteiger charge is -2.30. The van der Waals surface area contributed by atoms with Gasteiger partial charge in [-0.1, -0.05) is 112 Å². The summed E-state index contributed by atoms with van der Waals surface area (Å²) in [5.41, 5.74) is 5.99. The second-order valence-electron chi connectivity index (χ2n) is 9.91. The molecule has 0 unspecified atom stereocenters. The lowest BCUT2D eigenvalue weighted by Crippen LogP contribution is -2.14. The van der Waals surface area contributed by atoms with Gasteiger partial charge in [-0.25, -0.2) is 0 Å². The Hall–Kier alpha value is -2.25. The van der Waals surface area contributed by atoms with E-state index in [0.717, 1.165) is 27.8 Å². The average Bonchev–Trinajstić information content (AvgIpc) is 2.89. The molecule has 0 spiro atoms. The molecule has 1 saturated carbocycles. The summed E-state index contributed by atoms with van der Waals surface area (Å²) in [6.45, 7) is 2.29. The first-order chi connectivity index (χ1) is 16.7. The van der Waals surface area contributed by atoms with Crippen molar-refractivity contribution in [3.8, 4) is 28.0 Å². The number of hydrogen-bond acceptors (Lipinski definition) is 1. The molecule has 1 fully saturated rings. The molecule has 0 amide bonds. The fourth-order valence-electron chi connectivity index (χ4n) is 5.63. The highest BCUT2D eigenvalue weighted by Gasteiger charge is 2.25. The van der Waals surface area contributed by atoms with Crippen LogP contribution in [0.25, 0.3) is 22.3 Å². The predicted molar refractivity (Wildman–Crippen MR) is 147 cm³/mol. The molecule has 3 aromatic carbocycles. The van der Waals surface area contributed by atoms with Gasteiger partial charge in [-0.15, -0.1) is 0 Å². The zero-order valence-corrected chi connectivity index (χ0v) is 21.6. The summed E-state index contributed by atoms with van der Waals surface area (Å²) in [5, 5.41) is 0.931. The number of benzene rings is 3. The van der Waals surface area contributed by atoms with Crippen LogP contribution >= 0.6 is 11.6 Å². The first kappa shape index (κ1) is 24.9. The lowest BCUT2D eigenvalue weighted by molar-refractivity contribution is 0.302. The number of ether oxygens (including phenoxy) is 1. The number of unbranched alkanes of at least 4 members (excludes halogenated alkanes) is 4. The Morgan fingerprint density at radius 2 is 1.47 bits per heavy atom. The first-order valence-electron chi connectivity index (χ1n) is 13.2. The van der Waals surface area contributed by atoms with Crippen LogP contribution in [-0.2, 0) is 0 Å². The molecule has 0 saturated heterocycles. The largest absolute Gasteiger partial charge is 0.497 e. The van der Waals surface area contributed by atoms with Crippen LogP contribution in [0, 0.1) is 5.92 Å². The molecule has 0 bridgehead atoms.